The summed E-state index contributed by atoms with van der Waals surface area (Å²) in [5.41, 5.74) is 3.15. The molecule has 5 rings (SSSR count). The molecule has 0 atom stereocenters. The number of aryl methyl sites for hydroxylation is 2. The van der Waals surface area contributed by atoms with Crippen molar-refractivity contribution >= 4 is 28.4 Å². The lowest BCUT2D eigenvalue weighted by atomic mass is 10.1. The van der Waals surface area contributed by atoms with Gasteiger partial charge in [0.2, 0.25) is 5.91 Å². The molecule has 0 aliphatic carbocycles. The molecule has 0 radical (unpaired) electrons. The normalized spacial score (nSPS) is 10.9. The number of fused-ring (bicyclic) bond motifs is 1. The van der Waals surface area contributed by atoms with Gasteiger partial charge in [0, 0.05) is 17.8 Å². The van der Waals surface area contributed by atoms with Gasteiger partial charge in [-0.05, 0) is 79.9 Å². The molecule has 1 heterocycles. The maximum absolute atomic E-state index is 13.9. The summed E-state index contributed by atoms with van der Waals surface area (Å²) in [6, 6.07) is 26.5. The molecule has 9 nitrogen and oxygen atoms in total. The van der Waals surface area contributed by atoms with E-state index < -0.39 is 17.2 Å². The van der Waals surface area contributed by atoms with E-state index in [1.807, 2.05) is 56.3 Å². The van der Waals surface area contributed by atoms with Crippen LogP contribution < -0.4 is 26.6 Å². The van der Waals surface area contributed by atoms with Crippen LogP contribution in [0.25, 0.3) is 16.6 Å². The van der Waals surface area contributed by atoms with Crippen LogP contribution in [0.1, 0.15) is 27.0 Å². The number of rotatable bonds is 9. The van der Waals surface area contributed by atoms with Crippen LogP contribution in [0.3, 0.4) is 0 Å². The number of methoxy groups -OCH3 is 1. The number of nitrogens with zero attached hydrogens (tertiary/aromatic N) is 2. The van der Waals surface area contributed by atoms with Gasteiger partial charge in [-0.3, -0.25) is 19.0 Å². The average Bonchev–Trinajstić information content (AvgIpc) is 3.01. The number of aromatic nitrogens is 2. The molecule has 5 aromatic rings. The van der Waals surface area contributed by atoms with Crippen molar-refractivity contribution in [3.05, 3.63) is 134 Å². The van der Waals surface area contributed by atoms with Gasteiger partial charge in [0.1, 0.15) is 12.3 Å². The molecule has 0 saturated carbocycles. The predicted octanol–water partition coefficient (Wildman–Crippen LogP) is 4.39. The Morgan fingerprint density at radius 1 is 0.860 bits per heavy atom. The summed E-state index contributed by atoms with van der Waals surface area (Å²) in [6.07, 6.45) is 0.649. The van der Waals surface area contributed by atoms with E-state index in [1.165, 1.54) is 23.8 Å². The third-order valence-corrected chi connectivity index (χ3v) is 7.24. The zero-order chi connectivity index (χ0) is 30.5. The molecule has 0 saturated heterocycles. The monoisotopic (exact) mass is 576 g/mol. The first-order valence-corrected chi connectivity index (χ1v) is 13.9. The fourth-order valence-corrected chi connectivity index (χ4v) is 4.97. The Morgan fingerprint density at radius 3 is 2.30 bits per heavy atom. The standard InChI is InChI=1S/C34H32N4O5/c1-22-9-16-29(23(2)19-22)36-31(39)21-37-30-20-25(32(40)35-18-17-24-7-5-4-6-8-24)10-15-28(30)33(41)38(34(37)42)26-11-13-27(43-3)14-12-26/h4-16,19-20H,17-18,21H2,1-3H3,(H,35,40)(H,36,39). The summed E-state index contributed by atoms with van der Waals surface area (Å²) < 4.78 is 7.46. The number of hydrogen-bond acceptors (Lipinski definition) is 5. The number of carbonyl (C=O) groups excluding carboxylic acids is 2. The van der Waals surface area contributed by atoms with E-state index in [4.69, 9.17) is 4.74 Å². The van der Waals surface area contributed by atoms with Crippen LogP contribution in [0.15, 0.2) is 101 Å². The minimum Gasteiger partial charge on any atom is -0.497 e. The summed E-state index contributed by atoms with van der Waals surface area (Å²) in [7, 11) is 1.52. The predicted molar refractivity (Wildman–Crippen MR) is 167 cm³/mol. The molecule has 0 aliphatic rings. The minimum absolute atomic E-state index is 0.186. The highest BCUT2D eigenvalue weighted by Crippen LogP contribution is 2.18. The molecule has 1 aromatic heterocycles. The van der Waals surface area contributed by atoms with Crippen molar-refractivity contribution in [2.45, 2.75) is 26.8 Å². The first kappa shape index (κ1) is 29.1. The fourth-order valence-electron chi connectivity index (χ4n) is 4.97. The number of ether oxygens (including phenoxy) is 1. The lowest BCUT2D eigenvalue weighted by Gasteiger charge is -2.16. The summed E-state index contributed by atoms with van der Waals surface area (Å²) in [5, 5.41) is 5.95. The Labute approximate surface area is 248 Å². The smallest absolute Gasteiger partial charge is 0.336 e. The molecule has 0 spiro atoms. The van der Waals surface area contributed by atoms with Crippen molar-refractivity contribution < 1.29 is 14.3 Å². The summed E-state index contributed by atoms with van der Waals surface area (Å²) in [6.45, 7) is 3.88. The van der Waals surface area contributed by atoms with E-state index in [0.717, 1.165) is 21.3 Å². The van der Waals surface area contributed by atoms with Crippen molar-refractivity contribution in [3.8, 4) is 11.4 Å². The molecule has 0 unspecified atom stereocenters. The second-order valence-electron chi connectivity index (χ2n) is 10.3. The van der Waals surface area contributed by atoms with Gasteiger partial charge >= 0.3 is 5.69 Å². The molecular weight excluding hydrogens is 544 g/mol. The van der Waals surface area contributed by atoms with Crippen LogP contribution in [-0.4, -0.2) is 34.6 Å². The van der Waals surface area contributed by atoms with Crippen molar-refractivity contribution in [2.75, 3.05) is 19.0 Å². The van der Waals surface area contributed by atoms with Gasteiger partial charge in [0.25, 0.3) is 11.5 Å². The number of hydrogen-bond donors (Lipinski definition) is 2. The Hall–Kier alpha value is -5.44. The van der Waals surface area contributed by atoms with Gasteiger partial charge in [0.15, 0.2) is 0 Å². The molecular formula is C34H32N4O5. The van der Waals surface area contributed by atoms with Gasteiger partial charge in [-0.2, -0.15) is 0 Å². The third-order valence-electron chi connectivity index (χ3n) is 7.24. The molecule has 218 valence electrons. The second kappa shape index (κ2) is 12.6. The number of carbonyl (C=O) groups is 2. The van der Waals surface area contributed by atoms with Crippen LogP contribution in [0.4, 0.5) is 5.69 Å². The van der Waals surface area contributed by atoms with Gasteiger partial charge in [0.05, 0.1) is 23.7 Å². The average molecular weight is 577 g/mol. The number of anilines is 1. The number of benzene rings is 4. The van der Waals surface area contributed by atoms with E-state index in [2.05, 4.69) is 10.6 Å². The summed E-state index contributed by atoms with van der Waals surface area (Å²) >= 11 is 0. The minimum atomic E-state index is -0.708. The number of nitrogens with one attached hydrogen (secondary N) is 2. The van der Waals surface area contributed by atoms with Gasteiger partial charge in [-0.25, -0.2) is 9.36 Å². The molecule has 9 heteroatoms. The Morgan fingerprint density at radius 2 is 1.60 bits per heavy atom. The highest BCUT2D eigenvalue weighted by Gasteiger charge is 2.19. The summed E-state index contributed by atoms with van der Waals surface area (Å²) in [4.78, 5) is 53.9. The van der Waals surface area contributed by atoms with E-state index in [0.29, 0.717) is 30.1 Å². The van der Waals surface area contributed by atoms with Crippen LogP contribution in [-0.2, 0) is 17.8 Å². The molecule has 4 aromatic carbocycles. The lowest BCUT2D eigenvalue weighted by molar-refractivity contribution is -0.116. The SMILES string of the molecule is COc1ccc(-n2c(=O)c3ccc(C(=O)NCCc4ccccc4)cc3n(CC(=O)Nc3ccc(C)cc3C)c2=O)cc1. The Balaban J connectivity index is 1.53. The van der Waals surface area contributed by atoms with E-state index in [-0.39, 0.29) is 28.9 Å². The van der Waals surface area contributed by atoms with Crippen LogP contribution in [0.2, 0.25) is 0 Å². The lowest BCUT2D eigenvalue weighted by Crippen LogP contribution is -2.41. The Bertz CT molecular complexity index is 1930. The van der Waals surface area contributed by atoms with Crippen LogP contribution in [0.5, 0.6) is 5.75 Å². The first-order valence-electron chi connectivity index (χ1n) is 13.9. The van der Waals surface area contributed by atoms with Crippen LogP contribution in [0, 0.1) is 13.8 Å². The first-order chi connectivity index (χ1) is 20.7. The van der Waals surface area contributed by atoms with E-state index >= 15 is 0 Å². The molecule has 0 aliphatic heterocycles. The Kier molecular flexibility index (Phi) is 8.52. The van der Waals surface area contributed by atoms with Crippen molar-refractivity contribution in [1.82, 2.24) is 14.5 Å². The second-order valence-corrected chi connectivity index (χ2v) is 10.3. The molecule has 2 N–H and O–H groups in total. The van der Waals surface area contributed by atoms with Gasteiger partial charge in [-0.1, -0.05) is 48.0 Å². The van der Waals surface area contributed by atoms with Crippen LogP contribution >= 0.6 is 0 Å². The van der Waals surface area contributed by atoms with Gasteiger partial charge in [-0.15, -0.1) is 0 Å². The largest absolute Gasteiger partial charge is 0.497 e. The van der Waals surface area contributed by atoms with Crippen molar-refractivity contribution in [2.24, 2.45) is 0 Å². The topological polar surface area (TPSA) is 111 Å². The maximum Gasteiger partial charge on any atom is 0.336 e. The zero-order valence-electron chi connectivity index (χ0n) is 24.2. The highest BCUT2D eigenvalue weighted by molar-refractivity contribution is 5.98. The molecule has 43 heavy (non-hydrogen) atoms. The van der Waals surface area contributed by atoms with Gasteiger partial charge < -0.3 is 15.4 Å². The number of amides is 2. The van der Waals surface area contributed by atoms with Crippen molar-refractivity contribution in [1.29, 1.82) is 0 Å². The zero-order valence-corrected chi connectivity index (χ0v) is 24.2. The van der Waals surface area contributed by atoms with E-state index in [1.54, 1.807) is 36.4 Å². The molecule has 0 bridgehead atoms. The summed E-state index contributed by atoms with van der Waals surface area (Å²) in [5.74, 6) is -0.238. The molecule has 0 fully saturated rings. The quantitative estimate of drug-likeness (QED) is 0.270. The third kappa shape index (κ3) is 6.41. The van der Waals surface area contributed by atoms with E-state index in [9.17, 15) is 19.2 Å². The molecule has 2 amide bonds. The maximum atomic E-state index is 13.9. The fraction of sp³-hybridized carbons (Fsp3) is 0.176. The van der Waals surface area contributed by atoms with Crippen molar-refractivity contribution in [3.63, 3.8) is 0 Å². The highest BCUT2D eigenvalue weighted by atomic mass is 16.5.